The van der Waals surface area contributed by atoms with Crippen molar-refractivity contribution < 1.29 is 9.59 Å². The highest BCUT2D eigenvalue weighted by Gasteiger charge is 2.05. The average Bonchev–Trinajstić information content (AvgIpc) is 2.55. The number of hydrogen-bond acceptors (Lipinski definition) is 6. The fourth-order valence-corrected chi connectivity index (χ4v) is 1.85. The minimum absolute atomic E-state index is 0.397. The molecule has 2 aromatic rings. The van der Waals surface area contributed by atoms with E-state index >= 15 is 0 Å². The van der Waals surface area contributed by atoms with E-state index in [-0.39, 0.29) is 0 Å². The van der Waals surface area contributed by atoms with Gasteiger partial charge in [0.25, 0.3) is 0 Å². The molecule has 2 aromatic carbocycles. The minimum atomic E-state index is 0.397. The van der Waals surface area contributed by atoms with Gasteiger partial charge >= 0.3 is 0 Å². The van der Waals surface area contributed by atoms with Gasteiger partial charge in [-0.25, -0.2) is 9.59 Å². The zero-order chi connectivity index (χ0) is 15.9. The highest BCUT2D eigenvalue weighted by Crippen LogP contribution is 2.22. The summed E-state index contributed by atoms with van der Waals surface area (Å²) in [7, 11) is 0. The van der Waals surface area contributed by atoms with Gasteiger partial charge in [-0.15, -0.1) is 0 Å². The Morgan fingerprint density at radius 2 is 1.00 bits per heavy atom. The van der Waals surface area contributed by atoms with Gasteiger partial charge in [0.2, 0.25) is 12.2 Å². The molecule has 6 nitrogen and oxygen atoms in total. The number of rotatable bonds is 4. The molecule has 0 fully saturated rings. The summed E-state index contributed by atoms with van der Waals surface area (Å²) in [4.78, 5) is 27.4. The molecule has 0 spiro atoms. The first-order chi connectivity index (χ1) is 10.7. The average molecular weight is 292 g/mol. The molecule has 0 saturated heterocycles. The Morgan fingerprint density at radius 1 is 0.682 bits per heavy atom. The molecule has 0 aliphatic carbocycles. The van der Waals surface area contributed by atoms with Gasteiger partial charge in [-0.3, -0.25) is 0 Å². The summed E-state index contributed by atoms with van der Waals surface area (Å²) >= 11 is 0. The summed E-state index contributed by atoms with van der Waals surface area (Å²) in [6, 6.07) is 13.4. The SMILES string of the molecule is N/C(=C(/N)c1ccc(N=C=O)cc1)c1ccc(N=C=O)cc1. The van der Waals surface area contributed by atoms with Gasteiger partial charge in [0.1, 0.15) is 0 Å². The Labute approximate surface area is 126 Å². The van der Waals surface area contributed by atoms with Crippen molar-refractivity contribution in [1.29, 1.82) is 0 Å². The summed E-state index contributed by atoms with van der Waals surface area (Å²) in [6.45, 7) is 0. The van der Waals surface area contributed by atoms with E-state index in [0.29, 0.717) is 33.9 Å². The molecular weight excluding hydrogens is 280 g/mol. The van der Waals surface area contributed by atoms with Crippen LogP contribution in [0.25, 0.3) is 11.4 Å². The predicted octanol–water partition coefficient (Wildman–Crippen LogP) is 2.36. The van der Waals surface area contributed by atoms with Crippen LogP contribution < -0.4 is 11.5 Å². The van der Waals surface area contributed by atoms with Crippen molar-refractivity contribution in [1.82, 2.24) is 0 Å². The van der Waals surface area contributed by atoms with E-state index in [4.69, 9.17) is 11.5 Å². The van der Waals surface area contributed by atoms with E-state index < -0.39 is 0 Å². The maximum atomic E-state index is 10.2. The van der Waals surface area contributed by atoms with Gasteiger partial charge in [0.05, 0.1) is 22.8 Å². The van der Waals surface area contributed by atoms with Gasteiger partial charge in [0, 0.05) is 0 Å². The number of hydrogen-bond donors (Lipinski definition) is 2. The van der Waals surface area contributed by atoms with Gasteiger partial charge in [-0.2, -0.15) is 9.98 Å². The second-order valence-electron chi connectivity index (χ2n) is 4.33. The van der Waals surface area contributed by atoms with Crippen molar-refractivity contribution in [3.05, 3.63) is 59.7 Å². The summed E-state index contributed by atoms with van der Waals surface area (Å²) in [6.07, 6.45) is 2.94. The standard InChI is InChI=1S/C16H12N4O2/c17-15(11-1-5-13(6-2-11)19-9-21)16(18)12-3-7-14(8-4-12)20-10-22/h1-8H,17-18H2/b16-15+. The van der Waals surface area contributed by atoms with E-state index in [0.717, 1.165) is 0 Å². The lowest BCUT2D eigenvalue weighted by Gasteiger charge is -2.08. The van der Waals surface area contributed by atoms with Crippen molar-refractivity contribution in [2.24, 2.45) is 21.5 Å². The lowest BCUT2D eigenvalue weighted by Crippen LogP contribution is -2.07. The van der Waals surface area contributed by atoms with Crippen LogP contribution in [0.5, 0.6) is 0 Å². The van der Waals surface area contributed by atoms with Crippen LogP contribution in [0.4, 0.5) is 11.4 Å². The fraction of sp³-hybridized carbons (Fsp3) is 0. The minimum Gasteiger partial charge on any atom is -0.397 e. The van der Waals surface area contributed by atoms with E-state index in [9.17, 15) is 9.59 Å². The molecule has 0 heterocycles. The van der Waals surface area contributed by atoms with Crippen LogP contribution >= 0.6 is 0 Å². The van der Waals surface area contributed by atoms with Crippen molar-refractivity contribution in [2.45, 2.75) is 0 Å². The Kier molecular flexibility index (Phi) is 4.63. The van der Waals surface area contributed by atoms with Crippen LogP contribution in [0.2, 0.25) is 0 Å². The quantitative estimate of drug-likeness (QED) is 0.512. The number of benzene rings is 2. The Morgan fingerprint density at radius 3 is 1.27 bits per heavy atom. The summed E-state index contributed by atoms with van der Waals surface area (Å²) < 4.78 is 0. The molecule has 2 rings (SSSR count). The number of aliphatic imine (C=N–C) groups is 2. The van der Waals surface area contributed by atoms with E-state index in [1.54, 1.807) is 48.5 Å². The van der Waals surface area contributed by atoms with E-state index in [1.807, 2.05) is 0 Å². The molecule has 0 unspecified atom stereocenters. The van der Waals surface area contributed by atoms with Crippen molar-refractivity contribution in [2.75, 3.05) is 0 Å². The third-order valence-electron chi connectivity index (χ3n) is 3.00. The lowest BCUT2D eigenvalue weighted by atomic mass is 10.1. The molecule has 0 aliphatic heterocycles. The monoisotopic (exact) mass is 292 g/mol. The van der Waals surface area contributed by atoms with Gasteiger partial charge < -0.3 is 11.5 Å². The highest BCUT2D eigenvalue weighted by molar-refractivity contribution is 5.88. The number of carbonyl (C=O) groups excluding carboxylic acids is 2. The Hall–Kier alpha value is -3.46. The molecule has 0 aromatic heterocycles. The molecule has 0 bridgehead atoms. The molecule has 22 heavy (non-hydrogen) atoms. The molecule has 0 atom stereocenters. The molecule has 108 valence electrons. The van der Waals surface area contributed by atoms with Crippen LogP contribution in [0.1, 0.15) is 11.1 Å². The fourth-order valence-electron chi connectivity index (χ4n) is 1.85. The third kappa shape index (κ3) is 3.35. The van der Waals surface area contributed by atoms with Gasteiger partial charge in [-0.05, 0) is 35.4 Å². The molecule has 0 saturated carbocycles. The molecule has 0 aliphatic rings. The predicted molar refractivity (Wildman–Crippen MR) is 83.6 cm³/mol. The third-order valence-corrected chi connectivity index (χ3v) is 3.00. The zero-order valence-corrected chi connectivity index (χ0v) is 11.5. The first-order valence-corrected chi connectivity index (χ1v) is 6.27. The first kappa shape index (κ1) is 14.9. The van der Waals surface area contributed by atoms with Crippen LogP contribution in [0, 0.1) is 0 Å². The van der Waals surface area contributed by atoms with Crippen molar-refractivity contribution in [3.8, 4) is 0 Å². The summed E-state index contributed by atoms with van der Waals surface area (Å²) in [5.74, 6) is 0. The molecular formula is C16H12N4O2. The topological polar surface area (TPSA) is 111 Å². The van der Waals surface area contributed by atoms with Crippen LogP contribution in [-0.2, 0) is 9.59 Å². The number of isocyanates is 2. The smallest absolute Gasteiger partial charge is 0.240 e. The largest absolute Gasteiger partial charge is 0.397 e. The first-order valence-electron chi connectivity index (χ1n) is 6.27. The molecule has 6 heteroatoms. The molecule has 4 N–H and O–H groups in total. The number of nitrogens with zero attached hydrogens (tertiary/aromatic N) is 2. The maximum Gasteiger partial charge on any atom is 0.240 e. The van der Waals surface area contributed by atoms with E-state index in [1.165, 1.54) is 12.2 Å². The van der Waals surface area contributed by atoms with Crippen LogP contribution in [-0.4, -0.2) is 12.2 Å². The second-order valence-corrected chi connectivity index (χ2v) is 4.33. The summed E-state index contributed by atoms with van der Waals surface area (Å²) in [5, 5.41) is 0. The molecule has 0 amide bonds. The van der Waals surface area contributed by atoms with Gasteiger partial charge in [-0.1, -0.05) is 24.3 Å². The van der Waals surface area contributed by atoms with Crippen molar-refractivity contribution in [3.63, 3.8) is 0 Å². The summed E-state index contributed by atoms with van der Waals surface area (Å²) in [5.41, 5.74) is 15.3. The van der Waals surface area contributed by atoms with Crippen LogP contribution in [0.15, 0.2) is 58.5 Å². The zero-order valence-electron chi connectivity index (χ0n) is 11.5. The molecule has 0 radical (unpaired) electrons. The lowest BCUT2D eigenvalue weighted by molar-refractivity contribution is 0.564. The van der Waals surface area contributed by atoms with E-state index in [2.05, 4.69) is 9.98 Å². The van der Waals surface area contributed by atoms with Crippen LogP contribution in [0.3, 0.4) is 0 Å². The Balaban J connectivity index is 2.34. The highest BCUT2D eigenvalue weighted by atomic mass is 16.1. The Bertz CT molecular complexity index is 726. The second kappa shape index (κ2) is 6.81. The van der Waals surface area contributed by atoms with Gasteiger partial charge in [0.15, 0.2) is 0 Å². The normalized spacial score (nSPS) is 10.9. The number of nitrogens with two attached hydrogens (primary N) is 2. The maximum absolute atomic E-state index is 10.2. The van der Waals surface area contributed by atoms with Crippen molar-refractivity contribution >= 4 is 34.9 Å².